The third-order valence-corrected chi connectivity index (χ3v) is 3.97. The van der Waals surface area contributed by atoms with Crippen molar-refractivity contribution in [3.05, 3.63) is 65.5 Å². The van der Waals surface area contributed by atoms with Gasteiger partial charge in [0.2, 0.25) is 11.8 Å². The second-order valence-corrected chi connectivity index (χ2v) is 5.81. The number of ether oxygens (including phenoxy) is 1. The molecule has 1 aromatic heterocycles. The van der Waals surface area contributed by atoms with Crippen molar-refractivity contribution in [2.75, 3.05) is 12.4 Å². The minimum absolute atomic E-state index is 0.0688. The van der Waals surface area contributed by atoms with Gasteiger partial charge in [0.25, 0.3) is 0 Å². The Hall–Kier alpha value is -3.08. The number of aryl methyl sites for hydroxylation is 2. The van der Waals surface area contributed by atoms with Crippen LogP contribution in [0.2, 0.25) is 0 Å². The third kappa shape index (κ3) is 4.07. The molecule has 0 aliphatic carbocycles. The monoisotopic (exact) mass is 336 g/mol. The fourth-order valence-electron chi connectivity index (χ4n) is 2.43. The van der Waals surface area contributed by atoms with Gasteiger partial charge in [0.05, 0.1) is 19.2 Å². The predicted molar refractivity (Wildman–Crippen MR) is 96.7 cm³/mol. The summed E-state index contributed by atoms with van der Waals surface area (Å²) >= 11 is 0. The van der Waals surface area contributed by atoms with Crippen molar-refractivity contribution in [3.8, 4) is 17.2 Å². The summed E-state index contributed by atoms with van der Waals surface area (Å²) in [5.74, 6) is 2.11. The summed E-state index contributed by atoms with van der Waals surface area (Å²) in [7, 11) is 1.62. The molecule has 0 bridgehead atoms. The number of hydrogen-bond acceptors (Lipinski definition) is 4. The van der Waals surface area contributed by atoms with E-state index >= 15 is 0 Å². The number of amides is 1. The molecule has 0 atom stereocenters. The number of methoxy groups -OCH3 is 1. The predicted octanol–water partition coefficient (Wildman–Crippen LogP) is 4.15. The smallest absolute Gasteiger partial charge is 0.228 e. The summed E-state index contributed by atoms with van der Waals surface area (Å²) in [5, 5.41) is 2.89. The molecule has 0 aliphatic rings. The standard InChI is InChI=1S/C20H20N2O3/c1-13-14(2)25-20(21-13)16-6-8-17(9-7-16)22-19(23)12-15-4-10-18(24-3)11-5-15/h4-11H,12H2,1-3H3,(H,22,23). The highest BCUT2D eigenvalue weighted by atomic mass is 16.5. The number of carbonyl (C=O) groups excluding carboxylic acids is 1. The summed E-state index contributed by atoms with van der Waals surface area (Å²) in [4.78, 5) is 16.5. The van der Waals surface area contributed by atoms with E-state index in [1.165, 1.54) is 0 Å². The lowest BCUT2D eigenvalue weighted by molar-refractivity contribution is -0.115. The quantitative estimate of drug-likeness (QED) is 0.760. The molecule has 3 rings (SSSR count). The fraction of sp³-hybridized carbons (Fsp3) is 0.200. The number of hydrogen-bond donors (Lipinski definition) is 1. The molecule has 0 fully saturated rings. The molecule has 0 unspecified atom stereocenters. The van der Waals surface area contributed by atoms with Crippen LogP contribution in [0.1, 0.15) is 17.0 Å². The Balaban J connectivity index is 1.63. The minimum Gasteiger partial charge on any atom is -0.497 e. The van der Waals surface area contributed by atoms with Crippen molar-refractivity contribution in [2.45, 2.75) is 20.3 Å². The van der Waals surface area contributed by atoms with Gasteiger partial charge in [-0.1, -0.05) is 12.1 Å². The van der Waals surface area contributed by atoms with Crippen LogP contribution in [0.5, 0.6) is 5.75 Å². The molecule has 5 nitrogen and oxygen atoms in total. The first kappa shape index (κ1) is 16.8. The zero-order chi connectivity index (χ0) is 17.8. The molecular weight excluding hydrogens is 316 g/mol. The van der Waals surface area contributed by atoms with Crippen LogP contribution in [0.4, 0.5) is 5.69 Å². The number of carbonyl (C=O) groups is 1. The van der Waals surface area contributed by atoms with Crippen molar-refractivity contribution in [2.24, 2.45) is 0 Å². The van der Waals surface area contributed by atoms with Gasteiger partial charge in [0.1, 0.15) is 11.5 Å². The van der Waals surface area contributed by atoms with Gasteiger partial charge in [-0.3, -0.25) is 4.79 Å². The number of rotatable bonds is 5. The highest BCUT2D eigenvalue weighted by Crippen LogP contribution is 2.23. The fourth-order valence-corrected chi connectivity index (χ4v) is 2.43. The second kappa shape index (κ2) is 7.21. The van der Waals surface area contributed by atoms with Gasteiger partial charge in [-0.2, -0.15) is 0 Å². The van der Waals surface area contributed by atoms with Crippen LogP contribution in [0.3, 0.4) is 0 Å². The summed E-state index contributed by atoms with van der Waals surface area (Å²) in [5.41, 5.74) is 3.43. The first-order valence-electron chi connectivity index (χ1n) is 8.02. The molecule has 2 aromatic carbocycles. The van der Waals surface area contributed by atoms with E-state index in [4.69, 9.17) is 9.15 Å². The Bertz CT molecular complexity index is 845. The highest BCUT2D eigenvalue weighted by Gasteiger charge is 2.09. The number of nitrogens with zero attached hydrogens (tertiary/aromatic N) is 1. The minimum atomic E-state index is -0.0688. The lowest BCUT2D eigenvalue weighted by atomic mass is 10.1. The van der Waals surface area contributed by atoms with Gasteiger partial charge in [-0.15, -0.1) is 0 Å². The molecule has 0 saturated heterocycles. The van der Waals surface area contributed by atoms with E-state index in [1.54, 1.807) is 7.11 Å². The first-order chi connectivity index (χ1) is 12.0. The van der Waals surface area contributed by atoms with E-state index in [-0.39, 0.29) is 5.91 Å². The van der Waals surface area contributed by atoms with Gasteiger partial charge < -0.3 is 14.5 Å². The number of oxazole rings is 1. The maximum atomic E-state index is 12.2. The molecule has 25 heavy (non-hydrogen) atoms. The average Bonchev–Trinajstić information content (AvgIpc) is 2.95. The largest absolute Gasteiger partial charge is 0.497 e. The molecule has 3 aromatic rings. The molecule has 1 heterocycles. The lowest BCUT2D eigenvalue weighted by Crippen LogP contribution is -2.14. The lowest BCUT2D eigenvalue weighted by Gasteiger charge is -2.06. The topological polar surface area (TPSA) is 64.4 Å². The molecule has 0 saturated carbocycles. The summed E-state index contributed by atoms with van der Waals surface area (Å²) < 4.78 is 10.7. The van der Waals surface area contributed by atoms with Crippen molar-refractivity contribution >= 4 is 11.6 Å². The van der Waals surface area contributed by atoms with E-state index in [0.717, 1.165) is 34.0 Å². The summed E-state index contributed by atoms with van der Waals surface area (Å²) in [6.07, 6.45) is 0.309. The number of benzene rings is 2. The van der Waals surface area contributed by atoms with E-state index in [1.807, 2.05) is 62.4 Å². The Kier molecular flexibility index (Phi) is 4.84. The van der Waals surface area contributed by atoms with E-state index in [0.29, 0.717) is 12.3 Å². The molecular formula is C20H20N2O3. The van der Waals surface area contributed by atoms with Crippen LogP contribution in [-0.4, -0.2) is 18.0 Å². The molecule has 0 spiro atoms. The molecule has 0 aliphatic heterocycles. The third-order valence-electron chi connectivity index (χ3n) is 3.97. The van der Waals surface area contributed by atoms with Crippen LogP contribution in [0, 0.1) is 13.8 Å². The van der Waals surface area contributed by atoms with Crippen molar-refractivity contribution in [1.29, 1.82) is 0 Å². The Morgan fingerprint density at radius 3 is 2.32 bits per heavy atom. The Morgan fingerprint density at radius 1 is 1.08 bits per heavy atom. The molecule has 5 heteroatoms. The summed E-state index contributed by atoms with van der Waals surface area (Å²) in [6, 6.07) is 14.9. The van der Waals surface area contributed by atoms with Crippen LogP contribution in [0.15, 0.2) is 52.9 Å². The number of nitrogens with one attached hydrogen (secondary N) is 1. The van der Waals surface area contributed by atoms with Crippen LogP contribution in [-0.2, 0) is 11.2 Å². The maximum absolute atomic E-state index is 12.2. The SMILES string of the molecule is COc1ccc(CC(=O)Nc2ccc(-c3nc(C)c(C)o3)cc2)cc1. The van der Waals surface area contributed by atoms with Crippen LogP contribution in [0.25, 0.3) is 11.5 Å². The Labute approximate surface area is 146 Å². The normalized spacial score (nSPS) is 10.5. The zero-order valence-electron chi connectivity index (χ0n) is 14.5. The van der Waals surface area contributed by atoms with Gasteiger partial charge in [0, 0.05) is 11.3 Å². The van der Waals surface area contributed by atoms with Gasteiger partial charge >= 0.3 is 0 Å². The second-order valence-electron chi connectivity index (χ2n) is 5.81. The molecule has 128 valence electrons. The van der Waals surface area contributed by atoms with Crippen molar-refractivity contribution in [1.82, 2.24) is 4.98 Å². The maximum Gasteiger partial charge on any atom is 0.228 e. The molecule has 1 amide bonds. The van der Waals surface area contributed by atoms with Crippen molar-refractivity contribution in [3.63, 3.8) is 0 Å². The van der Waals surface area contributed by atoms with E-state index in [2.05, 4.69) is 10.3 Å². The average molecular weight is 336 g/mol. The highest BCUT2D eigenvalue weighted by molar-refractivity contribution is 5.92. The Morgan fingerprint density at radius 2 is 1.76 bits per heavy atom. The van der Waals surface area contributed by atoms with Gasteiger partial charge in [0.15, 0.2) is 0 Å². The molecule has 1 N–H and O–H groups in total. The van der Waals surface area contributed by atoms with Crippen molar-refractivity contribution < 1.29 is 13.9 Å². The first-order valence-corrected chi connectivity index (χ1v) is 8.02. The van der Waals surface area contributed by atoms with E-state index in [9.17, 15) is 4.79 Å². The van der Waals surface area contributed by atoms with Gasteiger partial charge in [-0.05, 0) is 55.8 Å². The van der Waals surface area contributed by atoms with Crippen LogP contribution < -0.4 is 10.1 Å². The zero-order valence-corrected chi connectivity index (χ0v) is 14.5. The van der Waals surface area contributed by atoms with Gasteiger partial charge in [-0.25, -0.2) is 4.98 Å². The number of anilines is 1. The van der Waals surface area contributed by atoms with E-state index < -0.39 is 0 Å². The number of aromatic nitrogens is 1. The summed E-state index contributed by atoms with van der Waals surface area (Å²) in [6.45, 7) is 3.80. The van der Waals surface area contributed by atoms with Crippen LogP contribution >= 0.6 is 0 Å². The molecule has 0 radical (unpaired) electrons.